The van der Waals surface area contributed by atoms with Crippen LogP contribution in [0.3, 0.4) is 0 Å². The van der Waals surface area contributed by atoms with Crippen LogP contribution in [0.2, 0.25) is 0 Å². The van der Waals surface area contributed by atoms with E-state index in [1.807, 2.05) is 123 Å². The Morgan fingerprint density at radius 1 is 0.500 bits per heavy atom. The maximum absolute atomic E-state index is 14.7. The van der Waals surface area contributed by atoms with Crippen LogP contribution in [0.15, 0.2) is 109 Å². The Morgan fingerprint density at radius 3 is 1.15 bits per heavy atom. The molecule has 4 aromatic rings. The largest absolute Gasteiger partial charge is 0.469 e. The summed E-state index contributed by atoms with van der Waals surface area (Å²) in [6.45, 7) is 5.48. The highest BCUT2D eigenvalue weighted by Gasteiger charge is 2.59. The third-order valence-electron chi connectivity index (χ3n) is 9.85. The maximum Gasteiger partial charge on any atom is 0.305 e. The number of carbonyl (C=O) groups excluding carboxylic acids is 4. The predicted molar refractivity (Wildman–Crippen MR) is 205 cm³/mol. The van der Waals surface area contributed by atoms with E-state index in [-0.39, 0.29) is 24.7 Å². The number of ether oxygens (including phenoxy) is 4. The van der Waals surface area contributed by atoms with Crippen molar-refractivity contribution in [3.63, 3.8) is 0 Å². The van der Waals surface area contributed by atoms with Crippen molar-refractivity contribution in [2.45, 2.75) is 52.6 Å². The maximum atomic E-state index is 14.7. The lowest BCUT2D eigenvalue weighted by molar-refractivity contribution is -0.175. The van der Waals surface area contributed by atoms with Crippen LogP contribution in [0.1, 0.15) is 50.7 Å². The molecule has 0 bridgehead atoms. The normalized spacial score (nSPS) is 17.4. The second-order valence-corrected chi connectivity index (χ2v) is 13.6. The highest BCUT2D eigenvalue weighted by atomic mass is 16.5. The molecule has 1 saturated carbocycles. The zero-order chi connectivity index (χ0) is 38.5. The third-order valence-corrected chi connectivity index (χ3v) is 9.85. The molecule has 0 heterocycles. The van der Waals surface area contributed by atoms with Crippen LogP contribution >= 0.6 is 0 Å². The molecule has 1 fully saturated rings. The molecule has 1 aliphatic rings. The van der Waals surface area contributed by atoms with Crippen LogP contribution < -0.4 is 9.47 Å². The van der Waals surface area contributed by atoms with Crippen molar-refractivity contribution in [2.24, 2.45) is 23.7 Å². The van der Waals surface area contributed by atoms with E-state index in [0.29, 0.717) is 50.5 Å². The van der Waals surface area contributed by atoms with Crippen LogP contribution in [-0.2, 0) is 41.7 Å². The number of hydrogen-bond donors (Lipinski definition) is 0. The summed E-state index contributed by atoms with van der Waals surface area (Å²) in [4.78, 5) is 58.4. The molecule has 0 aromatic heterocycles. The molecule has 5 rings (SSSR count). The van der Waals surface area contributed by atoms with Gasteiger partial charge in [-0.05, 0) is 84.3 Å². The molecule has 54 heavy (non-hydrogen) atoms. The summed E-state index contributed by atoms with van der Waals surface area (Å²) >= 11 is 0. The molecule has 0 saturated heterocycles. The monoisotopic (exact) mass is 734 g/mol. The second kappa shape index (κ2) is 19.4. The lowest BCUT2D eigenvalue weighted by Gasteiger charge is -2.52. The molecule has 0 aliphatic heterocycles. The first-order chi connectivity index (χ1) is 26.2. The zero-order valence-electron chi connectivity index (χ0n) is 31.5. The number of rotatable bonds is 18. The van der Waals surface area contributed by atoms with Gasteiger partial charge in [0.25, 0.3) is 0 Å². The molecule has 2 amide bonds. The Hall–Kier alpha value is -5.64. The minimum atomic E-state index is -0.834. The third kappa shape index (κ3) is 10.3. The summed E-state index contributed by atoms with van der Waals surface area (Å²) in [5.74, 6) is -1.52. The van der Waals surface area contributed by atoms with Crippen molar-refractivity contribution in [1.29, 1.82) is 0 Å². The van der Waals surface area contributed by atoms with E-state index in [1.54, 1.807) is 9.80 Å². The van der Waals surface area contributed by atoms with Crippen LogP contribution in [-0.4, -0.2) is 60.9 Å². The molecule has 0 N–H and O–H groups in total. The lowest BCUT2D eigenvalue weighted by atomic mass is 9.53. The summed E-state index contributed by atoms with van der Waals surface area (Å²) in [5.41, 5.74) is 1.78. The molecule has 4 atom stereocenters. The van der Waals surface area contributed by atoms with E-state index in [4.69, 9.17) is 18.9 Å². The molecule has 4 unspecified atom stereocenters. The molecule has 10 nitrogen and oxygen atoms in total. The first-order valence-electron chi connectivity index (χ1n) is 18.6. The second-order valence-electron chi connectivity index (χ2n) is 13.6. The summed E-state index contributed by atoms with van der Waals surface area (Å²) in [7, 11) is 2.59. The predicted octanol–water partition coefficient (Wildman–Crippen LogP) is 8.05. The smallest absolute Gasteiger partial charge is 0.305 e. The van der Waals surface area contributed by atoms with Gasteiger partial charge in [-0.15, -0.1) is 0 Å². The fraction of sp³-hybridized carbons (Fsp3) is 0.364. The van der Waals surface area contributed by atoms with E-state index in [1.165, 1.54) is 14.2 Å². The van der Waals surface area contributed by atoms with Gasteiger partial charge in [0.1, 0.15) is 23.0 Å². The van der Waals surface area contributed by atoms with Gasteiger partial charge >= 0.3 is 11.9 Å². The van der Waals surface area contributed by atoms with Crippen molar-refractivity contribution in [1.82, 2.24) is 9.80 Å². The Kier molecular flexibility index (Phi) is 14.2. The van der Waals surface area contributed by atoms with Crippen LogP contribution in [0.25, 0.3) is 0 Å². The fourth-order valence-electron chi connectivity index (χ4n) is 7.21. The molecule has 0 spiro atoms. The van der Waals surface area contributed by atoms with E-state index in [9.17, 15) is 19.2 Å². The van der Waals surface area contributed by atoms with Gasteiger partial charge in [-0.25, -0.2) is 0 Å². The van der Waals surface area contributed by atoms with Crippen molar-refractivity contribution in [3.8, 4) is 23.0 Å². The quantitative estimate of drug-likeness (QED) is 0.0945. The minimum absolute atomic E-state index is 0.0967. The average Bonchev–Trinajstić information content (AvgIpc) is 3.19. The number of nitrogens with zero attached hydrogens (tertiary/aromatic N) is 2. The minimum Gasteiger partial charge on any atom is -0.469 e. The molecule has 4 aromatic carbocycles. The van der Waals surface area contributed by atoms with Crippen LogP contribution in [0.4, 0.5) is 0 Å². The molecular weight excluding hydrogens is 684 g/mol. The van der Waals surface area contributed by atoms with Gasteiger partial charge in [0.15, 0.2) is 0 Å². The van der Waals surface area contributed by atoms with Gasteiger partial charge in [-0.1, -0.05) is 74.5 Å². The number of carbonyl (C=O) groups is 4. The van der Waals surface area contributed by atoms with Gasteiger partial charge < -0.3 is 28.7 Å². The summed E-state index contributed by atoms with van der Waals surface area (Å²) in [6.07, 6.45) is 1.18. The van der Waals surface area contributed by atoms with Crippen molar-refractivity contribution < 1.29 is 38.1 Å². The van der Waals surface area contributed by atoms with Gasteiger partial charge in [-0.3, -0.25) is 19.2 Å². The van der Waals surface area contributed by atoms with Gasteiger partial charge in [0.2, 0.25) is 11.8 Å². The summed E-state index contributed by atoms with van der Waals surface area (Å²) < 4.78 is 22.0. The molecule has 10 heteroatoms. The molecular formula is C44H50N2O8. The standard InChI is InChI=1S/C44H50N2O8/c1-5-25-45(29-31-17-21-35(22-18-31)53-33-13-9-7-10-14-33)43(49)41-37(27-39(47)51-3)38(28-40(48)52-4)42(41)44(50)46(26-6-2)30-32-19-23-36(24-20-32)54-34-15-11-8-12-16-34/h7-24,37-38,41-42H,5-6,25-30H2,1-4H3. The summed E-state index contributed by atoms with van der Waals surface area (Å²) in [6, 6.07) is 34.1. The van der Waals surface area contributed by atoms with E-state index >= 15 is 0 Å². The zero-order valence-corrected chi connectivity index (χ0v) is 31.5. The van der Waals surface area contributed by atoms with Crippen LogP contribution in [0, 0.1) is 23.7 Å². The molecule has 284 valence electrons. The van der Waals surface area contributed by atoms with Gasteiger partial charge in [0.05, 0.1) is 26.1 Å². The van der Waals surface area contributed by atoms with Gasteiger partial charge in [0, 0.05) is 39.0 Å². The number of benzene rings is 4. The Labute approximate surface area is 318 Å². The van der Waals surface area contributed by atoms with Crippen LogP contribution in [0.5, 0.6) is 23.0 Å². The Bertz CT molecular complexity index is 1680. The lowest BCUT2D eigenvalue weighted by Crippen LogP contribution is -2.61. The van der Waals surface area contributed by atoms with Crippen molar-refractivity contribution in [3.05, 3.63) is 120 Å². The summed E-state index contributed by atoms with van der Waals surface area (Å²) in [5, 5.41) is 0. The number of hydrogen-bond acceptors (Lipinski definition) is 8. The molecule has 0 radical (unpaired) electrons. The first kappa shape index (κ1) is 39.6. The number of para-hydroxylation sites is 2. The Balaban J connectivity index is 1.40. The van der Waals surface area contributed by atoms with E-state index in [2.05, 4.69) is 0 Å². The fourth-order valence-corrected chi connectivity index (χ4v) is 7.21. The van der Waals surface area contributed by atoms with Crippen molar-refractivity contribution >= 4 is 23.8 Å². The highest BCUT2D eigenvalue weighted by Crippen LogP contribution is 2.52. The average molecular weight is 735 g/mol. The van der Waals surface area contributed by atoms with Gasteiger partial charge in [-0.2, -0.15) is 0 Å². The number of amides is 2. The molecule has 1 aliphatic carbocycles. The SMILES string of the molecule is CCCN(Cc1ccc(Oc2ccccc2)cc1)C(=O)C1C(CC(=O)OC)C(CC(=O)OC)C1C(=O)N(CCC)Cc1ccc(Oc2ccccc2)cc1. The Morgan fingerprint density at radius 2 is 0.833 bits per heavy atom. The number of methoxy groups -OCH3 is 2. The number of esters is 2. The van der Waals surface area contributed by atoms with E-state index < -0.39 is 35.6 Å². The first-order valence-corrected chi connectivity index (χ1v) is 18.6. The highest BCUT2D eigenvalue weighted by molar-refractivity contribution is 5.91. The van der Waals surface area contributed by atoms with E-state index in [0.717, 1.165) is 22.6 Å². The topological polar surface area (TPSA) is 112 Å². The van der Waals surface area contributed by atoms with Crippen molar-refractivity contribution in [2.75, 3.05) is 27.3 Å².